The zero-order chi connectivity index (χ0) is 30.7. The Kier molecular flexibility index (Phi) is 9.91. The highest BCUT2D eigenvalue weighted by Crippen LogP contribution is 2.45. The third-order valence-electron chi connectivity index (χ3n) is 8.49. The molecule has 4 aliphatic rings. The molecule has 236 valence electrons. The van der Waals surface area contributed by atoms with Crippen LogP contribution in [0.3, 0.4) is 0 Å². The normalized spacial score (nSPS) is 32.0. The van der Waals surface area contributed by atoms with E-state index in [-0.39, 0.29) is 30.2 Å². The lowest BCUT2D eigenvalue weighted by Crippen LogP contribution is -2.59. The smallest absolute Gasteiger partial charge is 0.408 e. The largest absolute Gasteiger partial charge is 0.444 e. The van der Waals surface area contributed by atoms with E-state index in [1.807, 2.05) is 19.1 Å². The van der Waals surface area contributed by atoms with Crippen LogP contribution in [0.5, 0.6) is 0 Å². The van der Waals surface area contributed by atoms with Crippen LogP contribution in [-0.4, -0.2) is 72.9 Å². The lowest BCUT2D eigenvalue weighted by Gasteiger charge is -2.30. The summed E-state index contributed by atoms with van der Waals surface area (Å²) in [5.74, 6) is -2.01. The fraction of sp³-hybridized carbons (Fsp3) is 0.793. The van der Waals surface area contributed by atoms with Crippen molar-refractivity contribution < 1.29 is 32.3 Å². The first-order chi connectivity index (χ1) is 19.7. The van der Waals surface area contributed by atoms with Gasteiger partial charge in [0.15, 0.2) is 0 Å². The second-order valence-corrected chi connectivity index (χ2v) is 14.9. The van der Waals surface area contributed by atoms with Crippen molar-refractivity contribution in [1.29, 1.82) is 0 Å². The SMILES string of the molecule is C[C@@H]1C[C@H]2C(=O)N[C@]3(C(=O)NS(=O)(=O)NC4CCCC4)C[C@H]3/C=C\CCCCC[C@H](NC(=O)OC(C)(C)C)C(=O)N2C1. The second-order valence-electron chi connectivity index (χ2n) is 13.4. The summed E-state index contributed by atoms with van der Waals surface area (Å²) in [6.07, 6.45) is 10.6. The van der Waals surface area contributed by atoms with Gasteiger partial charge >= 0.3 is 16.3 Å². The predicted octanol–water partition coefficient (Wildman–Crippen LogP) is 2.41. The quantitative estimate of drug-likeness (QED) is 0.348. The molecule has 2 heterocycles. The van der Waals surface area contributed by atoms with Crippen molar-refractivity contribution in [3.63, 3.8) is 0 Å². The number of alkyl carbamates (subject to hydrolysis) is 1. The maximum absolute atomic E-state index is 13.8. The van der Waals surface area contributed by atoms with Gasteiger partial charge < -0.3 is 20.3 Å². The van der Waals surface area contributed by atoms with Crippen molar-refractivity contribution in [2.24, 2.45) is 11.8 Å². The van der Waals surface area contributed by atoms with Crippen LogP contribution in [0.25, 0.3) is 0 Å². The highest BCUT2D eigenvalue weighted by Gasteiger charge is 2.61. The molecular weight excluding hydrogens is 562 g/mol. The molecule has 3 fully saturated rings. The van der Waals surface area contributed by atoms with E-state index in [0.717, 1.165) is 44.9 Å². The van der Waals surface area contributed by atoms with Gasteiger partial charge in [-0.15, -0.1) is 0 Å². The number of amides is 4. The molecule has 0 unspecified atom stereocenters. The minimum atomic E-state index is -4.12. The third-order valence-corrected chi connectivity index (χ3v) is 9.58. The summed E-state index contributed by atoms with van der Waals surface area (Å²) in [6.45, 7) is 7.50. The molecule has 0 aromatic carbocycles. The Hall–Kier alpha value is -2.67. The lowest BCUT2D eigenvalue weighted by molar-refractivity contribution is -0.141. The monoisotopic (exact) mass is 609 g/mol. The fourth-order valence-electron chi connectivity index (χ4n) is 6.28. The lowest BCUT2D eigenvalue weighted by atomic mass is 10.0. The Labute approximate surface area is 249 Å². The van der Waals surface area contributed by atoms with E-state index in [1.54, 1.807) is 20.8 Å². The van der Waals surface area contributed by atoms with Crippen LogP contribution in [0, 0.1) is 11.8 Å². The van der Waals surface area contributed by atoms with Crippen LogP contribution in [0.4, 0.5) is 4.79 Å². The molecule has 12 nitrogen and oxygen atoms in total. The number of hydrogen-bond donors (Lipinski definition) is 4. The number of allylic oxidation sites excluding steroid dienone is 1. The van der Waals surface area contributed by atoms with Crippen molar-refractivity contribution in [1.82, 2.24) is 25.0 Å². The van der Waals surface area contributed by atoms with E-state index in [9.17, 15) is 27.6 Å². The summed E-state index contributed by atoms with van der Waals surface area (Å²) < 4.78 is 35.7. The maximum atomic E-state index is 13.8. The Bertz CT molecular complexity index is 1180. The van der Waals surface area contributed by atoms with Crippen LogP contribution in [0.15, 0.2) is 12.2 Å². The van der Waals surface area contributed by atoms with E-state index in [4.69, 9.17) is 4.74 Å². The molecule has 2 saturated carbocycles. The second kappa shape index (κ2) is 12.9. The van der Waals surface area contributed by atoms with Gasteiger partial charge in [0.05, 0.1) is 0 Å². The minimum absolute atomic E-state index is 0.0152. The van der Waals surface area contributed by atoms with E-state index >= 15 is 0 Å². The number of ether oxygens (including phenoxy) is 1. The molecule has 4 amide bonds. The highest BCUT2D eigenvalue weighted by atomic mass is 32.2. The van der Waals surface area contributed by atoms with E-state index in [2.05, 4.69) is 20.1 Å². The molecule has 4 rings (SSSR count). The number of carbonyl (C=O) groups is 4. The summed E-state index contributed by atoms with van der Waals surface area (Å²) in [5, 5.41) is 5.57. The molecule has 0 aromatic heterocycles. The van der Waals surface area contributed by atoms with Crippen molar-refractivity contribution >= 4 is 34.0 Å². The summed E-state index contributed by atoms with van der Waals surface area (Å²) in [6, 6.07) is -1.94. The summed E-state index contributed by atoms with van der Waals surface area (Å²) in [5.41, 5.74) is -2.16. The average Bonchev–Trinajstić information content (AvgIpc) is 3.16. The number of nitrogens with zero attached hydrogens (tertiary/aromatic N) is 1. The van der Waals surface area contributed by atoms with Crippen LogP contribution in [0.2, 0.25) is 0 Å². The van der Waals surface area contributed by atoms with Crippen molar-refractivity contribution in [3.8, 4) is 0 Å². The fourth-order valence-corrected chi connectivity index (χ4v) is 7.44. The van der Waals surface area contributed by atoms with Gasteiger partial charge in [-0.2, -0.15) is 13.1 Å². The predicted molar refractivity (Wildman–Crippen MR) is 156 cm³/mol. The van der Waals surface area contributed by atoms with Crippen LogP contribution in [-0.2, 0) is 29.3 Å². The Balaban J connectivity index is 1.54. The van der Waals surface area contributed by atoms with Crippen LogP contribution >= 0.6 is 0 Å². The van der Waals surface area contributed by atoms with Gasteiger partial charge in [0.25, 0.3) is 5.91 Å². The van der Waals surface area contributed by atoms with E-state index < -0.39 is 51.3 Å². The number of hydrogen-bond acceptors (Lipinski definition) is 7. The van der Waals surface area contributed by atoms with Crippen LogP contribution < -0.4 is 20.1 Å². The zero-order valence-electron chi connectivity index (χ0n) is 25.2. The first-order valence-corrected chi connectivity index (χ1v) is 16.8. The molecule has 13 heteroatoms. The van der Waals surface area contributed by atoms with E-state index in [1.165, 1.54) is 4.90 Å². The van der Waals surface area contributed by atoms with Crippen molar-refractivity contribution in [2.45, 2.75) is 128 Å². The first kappa shape index (κ1) is 32.2. The highest BCUT2D eigenvalue weighted by molar-refractivity contribution is 7.88. The topological polar surface area (TPSA) is 163 Å². The van der Waals surface area contributed by atoms with Gasteiger partial charge in [0.1, 0.15) is 23.2 Å². The Morgan fingerprint density at radius 2 is 1.76 bits per heavy atom. The minimum Gasteiger partial charge on any atom is -0.444 e. The molecule has 5 atom stereocenters. The van der Waals surface area contributed by atoms with Gasteiger partial charge in [0.2, 0.25) is 11.8 Å². The molecular formula is C29H47N5O7S. The molecule has 1 saturated heterocycles. The summed E-state index contributed by atoms with van der Waals surface area (Å²) >= 11 is 0. The molecule has 4 N–H and O–H groups in total. The van der Waals surface area contributed by atoms with Crippen molar-refractivity contribution in [3.05, 3.63) is 12.2 Å². The van der Waals surface area contributed by atoms with Gasteiger partial charge in [-0.25, -0.2) is 9.52 Å². The van der Waals surface area contributed by atoms with Gasteiger partial charge in [-0.1, -0.05) is 44.8 Å². The first-order valence-electron chi connectivity index (χ1n) is 15.3. The standard InChI is InChI=1S/C29H47N5O7S/c1-19-16-23-24(35)31-29(26(37)33-42(39,40)32-21-13-10-11-14-21)17-20(29)12-8-6-5-7-9-15-22(25(36)34(23)18-19)30-27(38)41-28(2,3)4/h8,12,19-23,32H,5-7,9-11,13-18H2,1-4H3,(H,30,38)(H,31,35)(H,33,37)/b12-8-/t19-,20-,22+,23+,29-/m1/s1. The van der Waals surface area contributed by atoms with Crippen molar-refractivity contribution in [2.75, 3.05) is 6.54 Å². The molecule has 2 aliphatic carbocycles. The third kappa shape index (κ3) is 8.24. The number of fused-ring (bicyclic) bond motifs is 2. The number of nitrogens with one attached hydrogen (secondary N) is 4. The summed E-state index contributed by atoms with van der Waals surface area (Å²) in [4.78, 5) is 55.1. The Morgan fingerprint density at radius 1 is 1.07 bits per heavy atom. The molecule has 2 aliphatic heterocycles. The van der Waals surface area contributed by atoms with Gasteiger partial charge in [-0.05, 0) is 71.6 Å². The maximum Gasteiger partial charge on any atom is 0.408 e. The molecule has 0 aromatic rings. The molecule has 42 heavy (non-hydrogen) atoms. The summed E-state index contributed by atoms with van der Waals surface area (Å²) in [7, 11) is -4.12. The number of carbonyl (C=O) groups excluding carboxylic acids is 4. The molecule has 0 radical (unpaired) electrons. The molecule has 0 bridgehead atoms. The Morgan fingerprint density at radius 3 is 2.45 bits per heavy atom. The molecule has 0 spiro atoms. The van der Waals surface area contributed by atoms with E-state index in [0.29, 0.717) is 25.8 Å². The average molecular weight is 610 g/mol. The van der Waals surface area contributed by atoms with Gasteiger partial charge in [-0.3, -0.25) is 14.4 Å². The zero-order valence-corrected chi connectivity index (χ0v) is 26.1. The number of rotatable bonds is 5. The van der Waals surface area contributed by atoms with Crippen LogP contribution in [0.1, 0.15) is 98.3 Å². The van der Waals surface area contributed by atoms with Gasteiger partial charge in [0, 0.05) is 18.5 Å².